The largest absolute Gasteiger partial charge is 0.756 e. The van der Waals surface area contributed by atoms with Crippen LogP contribution in [-0.4, -0.2) is 70.0 Å². The Bertz CT molecular complexity index is 1290. The number of likely N-dealkylation sites (N-methyl/N-ethyl adjacent to an activating group) is 1. The Balaban J connectivity index is 3.99. The number of nitrogens with zero attached hydrogens (tertiary/aromatic N) is 1. The van der Waals surface area contributed by atoms with Crippen molar-refractivity contribution < 1.29 is 42.1 Å². The molecule has 0 rings (SSSR count). The van der Waals surface area contributed by atoms with E-state index in [0.29, 0.717) is 17.4 Å². The first-order valence-corrected chi connectivity index (χ1v) is 34.9. The number of carbonyl (C=O) groups excluding carboxylic acids is 2. The lowest BCUT2D eigenvalue weighted by Crippen LogP contribution is -2.37. The lowest BCUT2D eigenvalue weighted by atomic mass is 10.0. The first kappa shape index (κ1) is 74.8. The Hall–Kier alpha value is -1.25. The zero-order valence-corrected chi connectivity index (χ0v) is 52.4. The molecule has 0 aromatic rings. The van der Waals surface area contributed by atoms with Gasteiger partial charge in [0.05, 0.1) is 27.7 Å². The average Bonchev–Trinajstić information content (AvgIpc) is 3.38. The molecule has 2 unspecified atom stereocenters. The second-order valence-corrected chi connectivity index (χ2v) is 25.6. The van der Waals surface area contributed by atoms with Crippen molar-refractivity contribution >= 4 is 19.8 Å². The number of ether oxygens (including phenoxy) is 2. The molecule has 0 spiro atoms. The summed E-state index contributed by atoms with van der Waals surface area (Å²) in [6.07, 6.45) is 70.0. The number of hydrogen-bond acceptors (Lipinski definition) is 8. The normalized spacial score (nSPS) is 13.2. The molecule has 0 radical (unpaired) electrons. The Morgan fingerprint density at radius 2 is 0.671 bits per heavy atom. The molecule has 76 heavy (non-hydrogen) atoms. The van der Waals surface area contributed by atoms with E-state index in [1.54, 1.807) is 0 Å². The Morgan fingerprint density at radius 3 is 0.974 bits per heavy atom. The zero-order valence-electron chi connectivity index (χ0n) is 51.5. The number of carbonyl (C=O) groups is 2. The number of allylic oxidation sites excluding steroid dienone is 2. The quantitative estimate of drug-likeness (QED) is 0.0195. The van der Waals surface area contributed by atoms with Crippen LogP contribution >= 0.6 is 7.82 Å². The van der Waals surface area contributed by atoms with Crippen LogP contribution < -0.4 is 4.89 Å². The topological polar surface area (TPSA) is 111 Å². The number of phosphoric acid groups is 1. The number of hydrogen-bond donors (Lipinski definition) is 0. The molecule has 0 amide bonds. The summed E-state index contributed by atoms with van der Waals surface area (Å²) in [5.41, 5.74) is 0. The molecule has 0 aliphatic heterocycles. The fourth-order valence-electron chi connectivity index (χ4n) is 10.1. The Kier molecular flexibility index (Phi) is 57.4. The highest BCUT2D eigenvalue weighted by Gasteiger charge is 2.22. The van der Waals surface area contributed by atoms with E-state index in [1.807, 2.05) is 21.1 Å². The molecule has 10 heteroatoms. The van der Waals surface area contributed by atoms with Gasteiger partial charge in [0.15, 0.2) is 6.10 Å². The molecular weight excluding hydrogens is 966 g/mol. The van der Waals surface area contributed by atoms with Crippen molar-refractivity contribution in [3.8, 4) is 0 Å². The smallest absolute Gasteiger partial charge is 0.306 e. The van der Waals surface area contributed by atoms with Crippen LogP contribution in [0.25, 0.3) is 0 Å². The van der Waals surface area contributed by atoms with Crippen molar-refractivity contribution in [2.45, 2.75) is 354 Å². The van der Waals surface area contributed by atoms with E-state index in [1.165, 1.54) is 276 Å². The van der Waals surface area contributed by atoms with Gasteiger partial charge in [0.1, 0.15) is 19.8 Å². The molecule has 9 nitrogen and oxygen atoms in total. The van der Waals surface area contributed by atoms with E-state index in [0.717, 1.165) is 38.5 Å². The van der Waals surface area contributed by atoms with Crippen LogP contribution in [0.4, 0.5) is 0 Å². The third-order valence-corrected chi connectivity index (χ3v) is 16.2. The molecule has 0 aromatic carbocycles. The van der Waals surface area contributed by atoms with E-state index >= 15 is 0 Å². The van der Waals surface area contributed by atoms with Crippen LogP contribution in [0.3, 0.4) is 0 Å². The molecule has 0 bridgehead atoms. The Labute approximate surface area is 473 Å². The maximum Gasteiger partial charge on any atom is 0.306 e. The summed E-state index contributed by atoms with van der Waals surface area (Å²) >= 11 is 0. The summed E-state index contributed by atoms with van der Waals surface area (Å²) in [5.74, 6) is -0.813. The minimum absolute atomic E-state index is 0.0273. The van der Waals surface area contributed by atoms with Crippen molar-refractivity contribution in [3.63, 3.8) is 0 Å². The second-order valence-electron chi connectivity index (χ2n) is 24.2. The third kappa shape index (κ3) is 62.0. The predicted molar refractivity (Wildman–Crippen MR) is 324 cm³/mol. The number of phosphoric ester groups is 1. The van der Waals surface area contributed by atoms with Gasteiger partial charge in [-0.15, -0.1) is 0 Å². The van der Waals surface area contributed by atoms with Gasteiger partial charge in [0, 0.05) is 12.8 Å². The monoisotopic (exact) mass is 1100 g/mol. The van der Waals surface area contributed by atoms with Gasteiger partial charge < -0.3 is 27.9 Å². The molecule has 0 aromatic heterocycles. The minimum atomic E-state index is -4.63. The second kappa shape index (κ2) is 58.4. The summed E-state index contributed by atoms with van der Waals surface area (Å²) in [6, 6.07) is 0. The standard InChI is InChI=1S/C66H130NO8P/c1-6-8-10-12-14-16-18-20-22-24-26-28-29-30-31-32-33-34-35-36-37-39-40-42-44-46-48-50-52-54-56-58-65(68)72-62-64(63-74-76(70,71)73-61-60-67(3,4)5)75-66(69)59-57-55-53-51-49-47-45-43-41-38-27-25-23-21-19-17-15-13-11-9-7-2/h25,27,64H,6-24,26,28-63H2,1-5H3/b27-25-. The highest BCUT2D eigenvalue weighted by atomic mass is 31.2. The Morgan fingerprint density at radius 1 is 0.395 bits per heavy atom. The van der Waals surface area contributed by atoms with Crippen molar-refractivity contribution in [1.82, 2.24) is 0 Å². The molecule has 0 aliphatic carbocycles. The van der Waals surface area contributed by atoms with Gasteiger partial charge in [0.2, 0.25) is 0 Å². The summed E-state index contributed by atoms with van der Waals surface area (Å²) in [4.78, 5) is 38.0. The highest BCUT2D eigenvalue weighted by molar-refractivity contribution is 7.45. The van der Waals surface area contributed by atoms with E-state index in [-0.39, 0.29) is 32.0 Å². The molecule has 452 valence electrons. The summed E-state index contributed by atoms with van der Waals surface area (Å²) < 4.78 is 34.3. The molecular formula is C66H130NO8P. The van der Waals surface area contributed by atoms with Gasteiger partial charge in [0.25, 0.3) is 7.82 Å². The van der Waals surface area contributed by atoms with E-state index in [2.05, 4.69) is 26.0 Å². The van der Waals surface area contributed by atoms with Crippen molar-refractivity contribution in [2.75, 3.05) is 47.5 Å². The van der Waals surface area contributed by atoms with Gasteiger partial charge in [-0.3, -0.25) is 14.2 Å². The SMILES string of the molecule is CCCCCCCCCC/C=C\CCCCCCCCCCCC(=O)OC(COC(=O)CCCCCCCCCCCCCCCCCCCCCCCCCCCCCCCCC)COP(=O)([O-])OCC[N+](C)(C)C. The summed E-state index contributed by atoms with van der Waals surface area (Å²) in [5, 5.41) is 0. The van der Waals surface area contributed by atoms with Crippen molar-refractivity contribution in [3.05, 3.63) is 12.2 Å². The fraction of sp³-hybridized carbons (Fsp3) is 0.939. The van der Waals surface area contributed by atoms with Crippen molar-refractivity contribution in [1.29, 1.82) is 0 Å². The maximum atomic E-state index is 12.8. The third-order valence-electron chi connectivity index (χ3n) is 15.3. The van der Waals surface area contributed by atoms with E-state index in [9.17, 15) is 19.0 Å². The average molecular weight is 1100 g/mol. The number of unbranched alkanes of at least 4 members (excludes halogenated alkanes) is 47. The summed E-state index contributed by atoms with van der Waals surface area (Å²) in [7, 11) is 1.19. The number of esters is 2. The fourth-order valence-corrected chi connectivity index (χ4v) is 10.9. The highest BCUT2D eigenvalue weighted by Crippen LogP contribution is 2.38. The lowest BCUT2D eigenvalue weighted by molar-refractivity contribution is -0.870. The van der Waals surface area contributed by atoms with Crippen LogP contribution in [0.5, 0.6) is 0 Å². The van der Waals surface area contributed by atoms with Crippen LogP contribution in [0.1, 0.15) is 348 Å². The lowest BCUT2D eigenvalue weighted by Gasteiger charge is -2.28. The van der Waals surface area contributed by atoms with Gasteiger partial charge >= 0.3 is 11.9 Å². The molecule has 2 atom stereocenters. The maximum absolute atomic E-state index is 12.8. The number of quaternary nitrogens is 1. The van der Waals surface area contributed by atoms with Gasteiger partial charge in [-0.25, -0.2) is 0 Å². The van der Waals surface area contributed by atoms with Crippen LogP contribution in [0.2, 0.25) is 0 Å². The van der Waals surface area contributed by atoms with E-state index in [4.69, 9.17) is 18.5 Å². The molecule has 0 fully saturated rings. The summed E-state index contributed by atoms with van der Waals surface area (Å²) in [6.45, 7) is 4.31. The van der Waals surface area contributed by atoms with Crippen LogP contribution in [-0.2, 0) is 32.7 Å². The van der Waals surface area contributed by atoms with Gasteiger partial charge in [-0.05, 0) is 38.5 Å². The first-order valence-electron chi connectivity index (χ1n) is 33.4. The molecule has 0 heterocycles. The first-order chi connectivity index (χ1) is 37.0. The van der Waals surface area contributed by atoms with Crippen LogP contribution in [0, 0.1) is 0 Å². The molecule has 0 N–H and O–H groups in total. The van der Waals surface area contributed by atoms with Crippen LogP contribution in [0.15, 0.2) is 12.2 Å². The number of rotatable bonds is 63. The predicted octanol–water partition coefficient (Wildman–Crippen LogP) is 20.5. The van der Waals surface area contributed by atoms with Gasteiger partial charge in [-0.2, -0.15) is 0 Å². The molecule has 0 saturated heterocycles. The molecule has 0 aliphatic rings. The minimum Gasteiger partial charge on any atom is -0.756 e. The molecule has 0 saturated carbocycles. The van der Waals surface area contributed by atoms with Crippen molar-refractivity contribution in [2.24, 2.45) is 0 Å². The zero-order chi connectivity index (χ0) is 55.6. The van der Waals surface area contributed by atoms with E-state index < -0.39 is 26.5 Å². The van der Waals surface area contributed by atoms with Gasteiger partial charge in [-0.1, -0.05) is 309 Å².